The minimum Gasteiger partial charge on any atom is -0.378 e. The summed E-state index contributed by atoms with van der Waals surface area (Å²) in [7, 11) is 0. The van der Waals surface area contributed by atoms with Gasteiger partial charge in [-0.15, -0.1) is 11.3 Å². The summed E-state index contributed by atoms with van der Waals surface area (Å²) < 4.78 is 5.38. The number of hydrogen-bond acceptors (Lipinski definition) is 2. The lowest BCUT2D eigenvalue weighted by atomic mass is 10.1. The van der Waals surface area contributed by atoms with Gasteiger partial charge in [0.25, 0.3) is 0 Å². The lowest BCUT2D eigenvalue weighted by molar-refractivity contribution is 0.0713. The fraction of sp³-hybridized carbons (Fsp3) is 0.636. The SMILES string of the molecule is c1csc(CCCC2COCC[N]2)c1. The van der Waals surface area contributed by atoms with Crippen molar-refractivity contribution < 1.29 is 4.74 Å². The van der Waals surface area contributed by atoms with Crippen molar-refractivity contribution in [1.82, 2.24) is 5.32 Å². The van der Waals surface area contributed by atoms with E-state index in [0.29, 0.717) is 6.04 Å². The van der Waals surface area contributed by atoms with Gasteiger partial charge >= 0.3 is 0 Å². The molecule has 3 heteroatoms. The molecule has 1 aromatic heterocycles. The van der Waals surface area contributed by atoms with E-state index in [9.17, 15) is 0 Å². The van der Waals surface area contributed by atoms with Crippen LogP contribution >= 0.6 is 11.3 Å². The molecule has 2 heterocycles. The van der Waals surface area contributed by atoms with Crippen LogP contribution in [0.5, 0.6) is 0 Å². The van der Waals surface area contributed by atoms with Crippen LogP contribution in [-0.4, -0.2) is 25.8 Å². The monoisotopic (exact) mass is 210 g/mol. The number of morpholine rings is 1. The van der Waals surface area contributed by atoms with Crippen molar-refractivity contribution in [2.24, 2.45) is 0 Å². The first-order valence-corrected chi connectivity index (χ1v) is 6.10. The smallest absolute Gasteiger partial charge is 0.0636 e. The quantitative estimate of drug-likeness (QED) is 0.746. The van der Waals surface area contributed by atoms with Gasteiger partial charge in [0.15, 0.2) is 0 Å². The molecular formula is C11H16NOS. The normalized spacial score (nSPS) is 22.4. The molecule has 1 aromatic rings. The van der Waals surface area contributed by atoms with Gasteiger partial charge in [-0.3, -0.25) is 0 Å². The molecule has 1 aliphatic rings. The van der Waals surface area contributed by atoms with Crippen molar-refractivity contribution in [2.75, 3.05) is 19.8 Å². The molecule has 1 atom stereocenters. The van der Waals surface area contributed by atoms with Gasteiger partial charge < -0.3 is 4.74 Å². The molecule has 0 spiro atoms. The number of hydrogen-bond donors (Lipinski definition) is 0. The maximum absolute atomic E-state index is 5.38. The third-order valence-electron chi connectivity index (χ3n) is 2.47. The summed E-state index contributed by atoms with van der Waals surface area (Å²) in [6, 6.07) is 4.79. The van der Waals surface area contributed by atoms with Crippen molar-refractivity contribution in [1.29, 1.82) is 0 Å². The van der Waals surface area contributed by atoms with Gasteiger partial charge in [0.05, 0.1) is 13.2 Å². The van der Waals surface area contributed by atoms with Crippen molar-refractivity contribution in [2.45, 2.75) is 25.3 Å². The molecule has 2 rings (SSSR count). The number of aryl methyl sites for hydroxylation is 1. The van der Waals surface area contributed by atoms with Gasteiger partial charge in [-0.25, -0.2) is 5.32 Å². The topological polar surface area (TPSA) is 23.3 Å². The van der Waals surface area contributed by atoms with Crippen molar-refractivity contribution in [3.05, 3.63) is 22.4 Å². The Morgan fingerprint density at radius 3 is 3.29 bits per heavy atom. The van der Waals surface area contributed by atoms with Crippen molar-refractivity contribution in [3.8, 4) is 0 Å². The van der Waals surface area contributed by atoms with Crippen LogP contribution in [0.2, 0.25) is 0 Å². The average Bonchev–Trinajstić information content (AvgIpc) is 2.72. The van der Waals surface area contributed by atoms with Gasteiger partial charge in [-0.05, 0) is 30.7 Å². The standard InChI is InChI=1S/C11H16NOS/c1(4-11-5-2-8-14-11)3-10-9-13-7-6-12-10/h2,5,8,10H,1,3-4,6-7,9H2. The number of rotatable bonds is 4. The molecule has 1 aliphatic heterocycles. The zero-order valence-electron chi connectivity index (χ0n) is 8.32. The zero-order valence-corrected chi connectivity index (χ0v) is 9.13. The van der Waals surface area contributed by atoms with Crippen LogP contribution < -0.4 is 5.32 Å². The summed E-state index contributed by atoms with van der Waals surface area (Å²) in [4.78, 5) is 1.49. The fourth-order valence-corrected chi connectivity index (χ4v) is 2.46. The highest BCUT2D eigenvalue weighted by Crippen LogP contribution is 2.13. The van der Waals surface area contributed by atoms with E-state index < -0.39 is 0 Å². The highest BCUT2D eigenvalue weighted by Gasteiger charge is 2.13. The van der Waals surface area contributed by atoms with Crippen LogP contribution in [-0.2, 0) is 11.2 Å². The van der Waals surface area contributed by atoms with Gasteiger partial charge in [0.2, 0.25) is 0 Å². The van der Waals surface area contributed by atoms with Crippen LogP contribution in [0.25, 0.3) is 0 Å². The molecule has 0 bridgehead atoms. The summed E-state index contributed by atoms with van der Waals surface area (Å²) in [5, 5.41) is 6.67. The van der Waals surface area contributed by atoms with E-state index in [1.807, 2.05) is 11.3 Å². The molecule has 2 nitrogen and oxygen atoms in total. The third-order valence-corrected chi connectivity index (χ3v) is 3.41. The molecule has 0 aliphatic carbocycles. The average molecular weight is 210 g/mol. The lowest BCUT2D eigenvalue weighted by Crippen LogP contribution is -2.35. The Morgan fingerprint density at radius 2 is 2.57 bits per heavy atom. The first kappa shape index (κ1) is 10.1. The third kappa shape index (κ3) is 3.08. The van der Waals surface area contributed by atoms with Crippen molar-refractivity contribution >= 4 is 11.3 Å². The fourth-order valence-electron chi connectivity index (χ4n) is 1.71. The summed E-state index contributed by atoms with van der Waals surface area (Å²) in [5.74, 6) is 0. The van der Waals surface area contributed by atoms with Gasteiger partial charge in [-0.1, -0.05) is 6.07 Å². The Labute approximate surface area is 89.3 Å². The van der Waals surface area contributed by atoms with E-state index in [1.165, 1.54) is 24.1 Å². The summed E-state index contributed by atoms with van der Waals surface area (Å²) in [6.07, 6.45) is 3.61. The first-order valence-electron chi connectivity index (χ1n) is 5.22. The Morgan fingerprint density at radius 1 is 1.57 bits per heavy atom. The molecule has 1 unspecified atom stereocenters. The minimum absolute atomic E-state index is 0.462. The van der Waals surface area contributed by atoms with Crippen LogP contribution in [0.3, 0.4) is 0 Å². The molecule has 77 valence electrons. The second kappa shape index (κ2) is 5.49. The Hall–Kier alpha value is -0.380. The van der Waals surface area contributed by atoms with E-state index in [1.54, 1.807) is 0 Å². The molecule has 0 saturated carbocycles. The van der Waals surface area contributed by atoms with Crippen LogP contribution in [0.15, 0.2) is 17.5 Å². The summed E-state index contributed by atoms with van der Waals surface area (Å²) >= 11 is 1.85. The second-order valence-electron chi connectivity index (χ2n) is 3.61. The maximum Gasteiger partial charge on any atom is 0.0636 e. The number of nitrogens with zero attached hydrogens (tertiary/aromatic N) is 1. The van der Waals surface area contributed by atoms with Crippen LogP contribution in [0.4, 0.5) is 0 Å². The highest BCUT2D eigenvalue weighted by molar-refractivity contribution is 7.09. The molecule has 0 amide bonds. The first-order chi connectivity index (χ1) is 6.95. The predicted octanol–water partition coefficient (Wildman–Crippen LogP) is 2.07. The van der Waals surface area contributed by atoms with Gasteiger partial charge in [0.1, 0.15) is 0 Å². The predicted molar refractivity (Wildman–Crippen MR) is 58.9 cm³/mol. The van der Waals surface area contributed by atoms with Crippen LogP contribution in [0.1, 0.15) is 17.7 Å². The zero-order chi connectivity index (χ0) is 9.64. The van der Waals surface area contributed by atoms with E-state index in [-0.39, 0.29) is 0 Å². The van der Waals surface area contributed by atoms with E-state index in [0.717, 1.165) is 19.8 Å². The molecule has 0 N–H and O–H groups in total. The van der Waals surface area contributed by atoms with Gasteiger partial charge in [0, 0.05) is 17.5 Å². The minimum atomic E-state index is 0.462. The van der Waals surface area contributed by atoms with E-state index in [2.05, 4.69) is 22.8 Å². The molecule has 0 aromatic carbocycles. The molecule has 1 radical (unpaired) electrons. The second-order valence-corrected chi connectivity index (χ2v) is 4.64. The Kier molecular flexibility index (Phi) is 3.98. The van der Waals surface area contributed by atoms with Crippen molar-refractivity contribution in [3.63, 3.8) is 0 Å². The number of ether oxygens (including phenoxy) is 1. The highest BCUT2D eigenvalue weighted by atomic mass is 32.1. The summed E-state index contributed by atoms with van der Waals surface area (Å²) in [5.41, 5.74) is 0. The Balaban J connectivity index is 1.62. The largest absolute Gasteiger partial charge is 0.378 e. The molecule has 1 fully saturated rings. The lowest BCUT2D eigenvalue weighted by Gasteiger charge is -2.21. The molecular weight excluding hydrogens is 194 g/mol. The number of thiophene rings is 1. The molecule has 1 saturated heterocycles. The van der Waals surface area contributed by atoms with Crippen LogP contribution in [0, 0.1) is 0 Å². The molecule has 14 heavy (non-hydrogen) atoms. The van der Waals surface area contributed by atoms with E-state index in [4.69, 9.17) is 4.74 Å². The summed E-state index contributed by atoms with van der Waals surface area (Å²) in [6.45, 7) is 2.55. The Bertz CT molecular complexity index is 242. The van der Waals surface area contributed by atoms with E-state index >= 15 is 0 Å². The van der Waals surface area contributed by atoms with Gasteiger partial charge in [-0.2, -0.15) is 0 Å². The maximum atomic E-state index is 5.38.